The van der Waals surface area contributed by atoms with Gasteiger partial charge in [0, 0.05) is 41.8 Å². The molecule has 1 aromatic heterocycles. The molecule has 4 bridgehead atoms. The number of halogens is 3. The number of para-hydroxylation sites is 1. The van der Waals surface area contributed by atoms with Crippen LogP contribution < -0.4 is 5.32 Å². The van der Waals surface area contributed by atoms with Gasteiger partial charge in [0.15, 0.2) is 0 Å². The van der Waals surface area contributed by atoms with Gasteiger partial charge in [0.05, 0.1) is 5.56 Å². The smallest absolute Gasteiger partial charge is 0.361 e. The number of hydrogen-bond donors (Lipinski definition) is 2. The Morgan fingerprint density at radius 2 is 1.58 bits per heavy atom. The number of rotatable bonds is 9. The number of fused-ring (bicyclic) bond motifs is 1. The van der Waals surface area contributed by atoms with E-state index < -0.39 is 11.7 Å². The summed E-state index contributed by atoms with van der Waals surface area (Å²) >= 11 is 0. The number of nitrogens with zero attached hydrogens (tertiary/aromatic N) is 2. The Kier molecular flexibility index (Phi) is 7.17. The summed E-state index contributed by atoms with van der Waals surface area (Å²) in [5.41, 5.74) is 1.85. The number of hydrogen-bond acceptors (Lipinski definition) is 2. The van der Waals surface area contributed by atoms with E-state index in [1.165, 1.54) is 31.4 Å². The molecule has 1 heterocycles. The minimum Gasteiger partial charge on any atom is -0.361 e. The molecule has 3 aromatic rings. The van der Waals surface area contributed by atoms with Crippen molar-refractivity contribution in [2.24, 2.45) is 17.8 Å². The minimum absolute atomic E-state index is 0.0304. The van der Waals surface area contributed by atoms with Gasteiger partial charge >= 0.3 is 12.2 Å². The second-order valence-electron chi connectivity index (χ2n) is 13.6. The number of nitrogens with one attached hydrogen (secondary N) is 2. The summed E-state index contributed by atoms with van der Waals surface area (Å²) in [6.07, 6.45) is 6.87. The first kappa shape index (κ1) is 28.3. The quantitative estimate of drug-likeness (QED) is 0.284. The highest BCUT2D eigenvalue weighted by molar-refractivity contribution is 5.85. The highest BCUT2D eigenvalue weighted by Gasteiger charge is 2.52. The molecule has 43 heavy (non-hydrogen) atoms. The lowest BCUT2D eigenvalue weighted by Gasteiger charge is -2.57. The first-order valence-electron chi connectivity index (χ1n) is 15.7. The fourth-order valence-electron chi connectivity index (χ4n) is 8.47. The summed E-state index contributed by atoms with van der Waals surface area (Å²) in [7, 11) is 0. The summed E-state index contributed by atoms with van der Waals surface area (Å²) in [6, 6.07) is 12.9. The molecule has 8 rings (SSSR count). The normalized spacial score (nSPS) is 26.1. The standard InChI is InChI=1S/C34H39F3N4O2/c35-34(36,37)27-7-5-22(6-8-27)20-40(12-11-26-19-38-30-4-2-1-3-29(26)30)31(42)21-41(28-9-10-28)32(43)39-33-16-23-13-24(17-33)15-25(14-23)18-33/h1-8,19,23-25,28,38H,9-18,20-21H2,(H,39,43). The van der Waals surface area contributed by atoms with Gasteiger partial charge in [-0.25, -0.2) is 4.79 Å². The van der Waals surface area contributed by atoms with E-state index in [9.17, 15) is 22.8 Å². The molecule has 5 saturated carbocycles. The average molecular weight is 593 g/mol. The van der Waals surface area contributed by atoms with Crippen LogP contribution in [0.1, 0.15) is 68.1 Å². The largest absolute Gasteiger partial charge is 0.416 e. The molecule has 0 unspecified atom stereocenters. The average Bonchev–Trinajstić information content (AvgIpc) is 3.71. The number of carbonyl (C=O) groups excluding carboxylic acids is 2. The Hall–Kier alpha value is -3.49. The van der Waals surface area contributed by atoms with Crippen LogP contribution in [0.3, 0.4) is 0 Å². The van der Waals surface area contributed by atoms with Crippen LogP contribution in [0.15, 0.2) is 54.7 Å². The molecule has 0 radical (unpaired) electrons. The molecular weight excluding hydrogens is 553 g/mol. The van der Waals surface area contributed by atoms with Gasteiger partial charge in [0.1, 0.15) is 6.54 Å². The van der Waals surface area contributed by atoms with Crippen LogP contribution in [0.2, 0.25) is 0 Å². The third kappa shape index (κ3) is 6.00. The van der Waals surface area contributed by atoms with Crippen LogP contribution in [-0.4, -0.2) is 51.4 Å². The maximum absolute atomic E-state index is 13.9. The molecule has 0 saturated heterocycles. The van der Waals surface area contributed by atoms with Crippen LogP contribution in [0.4, 0.5) is 18.0 Å². The first-order chi connectivity index (χ1) is 20.6. The fraction of sp³-hybridized carbons (Fsp3) is 0.529. The van der Waals surface area contributed by atoms with Crippen molar-refractivity contribution in [3.05, 3.63) is 71.4 Å². The van der Waals surface area contributed by atoms with Crippen LogP contribution in [-0.2, 0) is 23.9 Å². The monoisotopic (exact) mass is 592 g/mol. The summed E-state index contributed by atoms with van der Waals surface area (Å²) in [5, 5.41) is 4.52. The molecule has 5 aliphatic carbocycles. The zero-order chi connectivity index (χ0) is 29.8. The lowest BCUT2D eigenvalue weighted by Crippen LogP contribution is -2.62. The lowest BCUT2D eigenvalue weighted by atomic mass is 9.53. The molecule has 5 fully saturated rings. The molecule has 0 aliphatic heterocycles. The molecule has 0 atom stereocenters. The van der Waals surface area contributed by atoms with Crippen molar-refractivity contribution in [3.8, 4) is 0 Å². The number of benzene rings is 2. The van der Waals surface area contributed by atoms with Gasteiger partial charge in [-0.05, 0) is 105 Å². The maximum atomic E-state index is 13.9. The van der Waals surface area contributed by atoms with E-state index in [0.717, 1.165) is 60.7 Å². The zero-order valence-corrected chi connectivity index (χ0v) is 24.3. The van der Waals surface area contributed by atoms with Crippen molar-refractivity contribution in [3.63, 3.8) is 0 Å². The van der Waals surface area contributed by atoms with E-state index in [-0.39, 0.29) is 36.6 Å². The molecule has 5 aliphatic rings. The van der Waals surface area contributed by atoms with E-state index in [0.29, 0.717) is 36.3 Å². The summed E-state index contributed by atoms with van der Waals surface area (Å²) in [4.78, 5) is 34.4. The van der Waals surface area contributed by atoms with Gasteiger partial charge in [-0.3, -0.25) is 4.79 Å². The van der Waals surface area contributed by atoms with Gasteiger partial charge < -0.3 is 20.1 Å². The highest BCUT2D eigenvalue weighted by Crippen LogP contribution is 2.55. The minimum atomic E-state index is -4.42. The van der Waals surface area contributed by atoms with Gasteiger partial charge in [0.25, 0.3) is 0 Å². The van der Waals surface area contributed by atoms with Gasteiger partial charge in [-0.2, -0.15) is 13.2 Å². The van der Waals surface area contributed by atoms with Crippen molar-refractivity contribution in [2.45, 2.75) is 82.1 Å². The molecule has 6 nitrogen and oxygen atoms in total. The first-order valence-corrected chi connectivity index (χ1v) is 15.7. The van der Waals surface area contributed by atoms with Crippen molar-refractivity contribution >= 4 is 22.8 Å². The molecular formula is C34H39F3N4O2. The second-order valence-corrected chi connectivity index (χ2v) is 13.6. The molecule has 0 spiro atoms. The molecule has 2 N–H and O–H groups in total. The summed E-state index contributed by atoms with van der Waals surface area (Å²) in [6.45, 7) is 0.530. The van der Waals surface area contributed by atoms with Crippen molar-refractivity contribution in [1.29, 1.82) is 0 Å². The maximum Gasteiger partial charge on any atom is 0.416 e. The van der Waals surface area contributed by atoms with E-state index in [4.69, 9.17) is 0 Å². The Bertz CT molecular complexity index is 1460. The van der Waals surface area contributed by atoms with Crippen molar-refractivity contribution in [2.75, 3.05) is 13.1 Å². The van der Waals surface area contributed by atoms with E-state index in [2.05, 4.69) is 10.3 Å². The lowest BCUT2D eigenvalue weighted by molar-refractivity contribution is -0.137. The number of aromatic amines is 1. The van der Waals surface area contributed by atoms with Crippen LogP contribution >= 0.6 is 0 Å². The predicted molar refractivity (Wildman–Crippen MR) is 158 cm³/mol. The zero-order valence-electron chi connectivity index (χ0n) is 24.3. The van der Waals surface area contributed by atoms with E-state index >= 15 is 0 Å². The summed E-state index contributed by atoms with van der Waals surface area (Å²) < 4.78 is 39.5. The SMILES string of the molecule is O=C(CN(C(=O)NC12CC3CC(CC(C3)C1)C2)C1CC1)N(CCc1c[nH]c2ccccc12)Cc1ccc(C(F)(F)F)cc1. The second kappa shape index (κ2) is 10.9. The number of carbonyl (C=O) groups is 2. The third-order valence-electron chi connectivity index (χ3n) is 10.3. The van der Waals surface area contributed by atoms with Crippen molar-refractivity contribution in [1.82, 2.24) is 20.1 Å². The Labute approximate surface area is 250 Å². The van der Waals surface area contributed by atoms with Gasteiger partial charge in [0.2, 0.25) is 5.91 Å². The number of amides is 3. The van der Waals surface area contributed by atoms with Crippen LogP contribution in [0.5, 0.6) is 0 Å². The number of alkyl halides is 3. The fourth-order valence-corrected chi connectivity index (χ4v) is 8.47. The van der Waals surface area contributed by atoms with Crippen LogP contribution in [0, 0.1) is 17.8 Å². The van der Waals surface area contributed by atoms with E-state index in [1.807, 2.05) is 30.5 Å². The Balaban J connectivity index is 1.08. The Morgan fingerprint density at radius 1 is 0.930 bits per heavy atom. The van der Waals surface area contributed by atoms with E-state index in [1.54, 1.807) is 9.80 Å². The summed E-state index contributed by atoms with van der Waals surface area (Å²) in [5.74, 6) is 1.91. The van der Waals surface area contributed by atoms with Crippen LogP contribution in [0.25, 0.3) is 10.9 Å². The van der Waals surface area contributed by atoms with Gasteiger partial charge in [-0.15, -0.1) is 0 Å². The van der Waals surface area contributed by atoms with Gasteiger partial charge in [-0.1, -0.05) is 30.3 Å². The third-order valence-corrected chi connectivity index (χ3v) is 10.3. The highest BCUT2D eigenvalue weighted by atomic mass is 19.4. The molecule has 3 amide bonds. The molecule has 228 valence electrons. The Morgan fingerprint density at radius 3 is 2.21 bits per heavy atom. The molecule has 9 heteroatoms. The predicted octanol–water partition coefficient (Wildman–Crippen LogP) is 6.90. The molecule has 2 aromatic carbocycles. The van der Waals surface area contributed by atoms with Crippen molar-refractivity contribution < 1.29 is 22.8 Å². The topological polar surface area (TPSA) is 68.4 Å². The number of H-pyrrole nitrogens is 1. The number of aromatic nitrogens is 1. The number of urea groups is 1.